The molecule has 0 spiro atoms. The van der Waals surface area contributed by atoms with Gasteiger partial charge >= 0.3 is 0 Å². The molecule has 2 heterocycles. The maximum absolute atomic E-state index is 5.67. The molecule has 2 rings (SSSR count). The number of hydrogen-bond donors (Lipinski definition) is 1. The van der Waals surface area contributed by atoms with Crippen molar-refractivity contribution in [1.29, 1.82) is 0 Å². The Bertz CT molecular complexity index is 250. The van der Waals surface area contributed by atoms with E-state index >= 15 is 0 Å². The highest BCUT2D eigenvalue weighted by Gasteiger charge is 2.21. The van der Waals surface area contributed by atoms with E-state index < -0.39 is 0 Å². The Morgan fingerprint density at radius 2 is 2.42 bits per heavy atom. The zero-order valence-electron chi connectivity index (χ0n) is 7.47. The van der Waals surface area contributed by atoms with E-state index in [1.54, 1.807) is 0 Å². The van der Waals surface area contributed by atoms with E-state index in [9.17, 15) is 0 Å². The molecule has 0 radical (unpaired) electrons. The van der Waals surface area contributed by atoms with Gasteiger partial charge in [-0.25, -0.2) is 0 Å². The molecule has 0 aliphatic carbocycles. The summed E-state index contributed by atoms with van der Waals surface area (Å²) in [6.07, 6.45) is 3.44. The van der Waals surface area contributed by atoms with E-state index in [1.807, 2.05) is 0 Å². The Morgan fingerprint density at radius 1 is 1.58 bits per heavy atom. The van der Waals surface area contributed by atoms with Crippen LogP contribution in [0.2, 0.25) is 0 Å². The smallest absolute Gasteiger partial charge is 0.121 e. The molecule has 1 saturated heterocycles. The monoisotopic (exact) mass is 165 g/mol. The molecule has 1 aliphatic heterocycles. The quantitative estimate of drug-likeness (QED) is 0.743. The van der Waals surface area contributed by atoms with Crippen LogP contribution in [-0.4, -0.2) is 6.54 Å². The molecule has 0 bridgehead atoms. The normalized spacial score (nSPS) is 22.2. The minimum Gasteiger partial charge on any atom is -0.464 e. The van der Waals surface area contributed by atoms with Crippen molar-refractivity contribution in [2.75, 3.05) is 6.54 Å². The van der Waals surface area contributed by atoms with Gasteiger partial charge in [0, 0.05) is 6.42 Å². The second kappa shape index (κ2) is 3.31. The molecule has 1 fully saturated rings. The van der Waals surface area contributed by atoms with Gasteiger partial charge in [-0.15, -0.1) is 0 Å². The Hall–Kier alpha value is -0.760. The minimum atomic E-state index is 0.496. The first-order valence-electron chi connectivity index (χ1n) is 4.72. The summed E-state index contributed by atoms with van der Waals surface area (Å²) in [5.41, 5.74) is 0. The number of furan rings is 1. The van der Waals surface area contributed by atoms with Gasteiger partial charge in [-0.2, -0.15) is 0 Å². The van der Waals surface area contributed by atoms with Gasteiger partial charge in [0.15, 0.2) is 0 Å². The second-order valence-electron chi connectivity index (χ2n) is 3.35. The number of aryl methyl sites for hydroxylation is 1. The standard InChI is InChI=1S/C10H15NO/c1-2-3-8-4-5-10(12-8)9-6-7-11-9/h4-5,9,11H,2-3,6-7H2,1H3/t9-/m0/s1. The molecule has 66 valence electrons. The summed E-state index contributed by atoms with van der Waals surface area (Å²) in [4.78, 5) is 0. The molecule has 1 N–H and O–H groups in total. The van der Waals surface area contributed by atoms with E-state index in [0.29, 0.717) is 6.04 Å². The number of hydrogen-bond acceptors (Lipinski definition) is 2. The summed E-state index contributed by atoms with van der Waals surface area (Å²) in [5, 5.41) is 3.32. The molecule has 0 aromatic carbocycles. The third kappa shape index (κ3) is 1.39. The van der Waals surface area contributed by atoms with Crippen LogP contribution < -0.4 is 5.32 Å². The van der Waals surface area contributed by atoms with E-state index in [-0.39, 0.29) is 0 Å². The molecule has 1 aromatic rings. The van der Waals surface area contributed by atoms with Crippen molar-refractivity contribution in [3.8, 4) is 0 Å². The fourth-order valence-electron chi connectivity index (χ4n) is 1.49. The van der Waals surface area contributed by atoms with E-state index in [2.05, 4.69) is 24.4 Å². The molecule has 1 atom stereocenters. The van der Waals surface area contributed by atoms with E-state index in [0.717, 1.165) is 30.9 Å². The SMILES string of the molecule is CCCc1ccc([C@@H]2CCN2)o1. The zero-order valence-corrected chi connectivity index (χ0v) is 7.47. The Balaban J connectivity index is 2.02. The third-order valence-corrected chi connectivity index (χ3v) is 2.35. The lowest BCUT2D eigenvalue weighted by Crippen LogP contribution is -2.34. The highest BCUT2D eigenvalue weighted by Crippen LogP contribution is 2.24. The Kier molecular flexibility index (Phi) is 2.17. The zero-order chi connectivity index (χ0) is 8.39. The largest absolute Gasteiger partial charge is 0.464 e. The van der Waals surface area contributed by atoms with Crippen molar-refractivity contribution in [1.82, 2.24) is 5.32 Å². The first kappa shape index (κ1) is 7.87. The predicted octanol–water partition coefficient (Wildman–Crippen LogP) is 2.27. The molecule has 0 amide bonds. The highest BCUT2D eigenvalue weighted by molar-refractivity contribution is 5.12. The van der Waals surface area contributed by atoms with Crippen LogP contribution in [0.25, 0.3) is 0 Å². The van der Waals surface area contributed by atoms with Crippen molar-refractivity contribution in [3.05, 3.63) is 23.7 Å². The fourth-order valence-corrected chi connectivity index (χ4v) is 1.49. The van der Waals surface area contributed by atoms with Crippen molar-refractivity contribution >= 4 is 0 Å². The molecular weight excluding hydrogens is 150 g/mol. The first-order chi connectivity index (χ1) is 5.90. The van der Waals surface area contributed by atoms with Gasteiger partial charge in [0.1, 0.15) is 11.5 Å². The molecule has 1 aromatic heterocycles. The lowest BCUT2D eigenvalue weighted by Gasteiger charge is -2.25. The third-order valence-electron chi connectivity index (χ3n) is 2.35. The molecule has 1 aliphatic rings. The van der Waals surface area contributed by atoms with Crippen LogP contribution in [0.3, 0.4) is 0 Å². The molecule has 12 heavy (non-hydrogen) atoms. The summed E-state index contributed by atoms with van der Waals surface area (Å²) < 4.78 is 5.67. The summed E-state index contributed by atoms with van der Waals surface area (Å²) in [6.45, 7) is 3.30. The second-order valence-corrected chi connectivity index (χ2v) is 3.35. The van der Waals surface area contributed by atoms with Gasteiger partial charge < -0.3 is 9.73 Å². The lowest BCUT2D eigenvalue weighted by molar-refractivity contribution is 0.310. The Morgan fingerprint density at radius 3 is 3.00 bits per heavy atom. The van der Waals surface area contributed by atoms with Crippen molar-refractivity contribution in [3.63, 3.8) is 0 Å². The lowest BCUT2D eigenvalue weighted by atomic mass is 10.1. The molecule has 0 saturated carbocycles. The van der Waals surface area contributed by atoms with Gasteiger partial charge in [-0.05, 0) is 31.5 Å². The predicted molar refractivity (Wildman–Crippen MR) is 48.1 cm³/mol. The highest BCUT2D eigenvalue weighted by atomic mass is 16.3. The summed E-state index contributed by atoms with van der Waals surface area (Å²) in [5.74, 6) is 2.24. The molecule has 2 nitrogen and oxygen atoms in total. The number of nitrogens with one attached hydrogen (secondary N) is 1. The van der Waals surface area contributed by atoms with Gasteiger partial charge in [0.2, 0.25) is 0 Å². The molecule has 2 heteroatoms. The van der Waals surface area contributed by atoms with Gasteiger partial charge in [-0.3, -0.25) is 0 Å². The van der Waals surface area contributed by atoms with Crippen LogP contribution in [0.1, 0.15) is 37.3 Å². The van der Waals surface area contributed by atoms with Gasteiger partial charge in [-0.1, -0.05) is 6.92 Å². The van der Waals surface area contributed by atoms with Gasteiger partial charge in [0.25, 0.3) is 0 Å². The molecule has 0 unspecified atom stereocenters. The van der Waals surface area contributed by atoms with Gasteiger partial charge in [0.05, 0.1) is 6.04 Å². The summed E-state index contributed by atoms with van der Waals surface area (Å²) in [6, 6.07) is 4.69. The maximum atomic E-state index is 5.67. The van der Waals surface area contributed by atoms with E-state index in [1.165, 1.54) is 6.42 Å². The van der Waals surface area contributed by atoms with Crippen LogP contribution in [0.15, 0.2) is 16.5 Å². The molecular formula is C10H15NO. The summed E-state index contributed by atoms with van der Waals surface area (Å²) >= 11 is 0. The Labute approximate surface area is 73.0 Å². The van der Waals surface area contributed by atoms with Crippen molar-refractivity contribution in [2.24, 2.45) is 0 Å². The maximum Gasteiger partial charge on any atom is 0.121 e. The van der Waals surface area contributed by atoms with Crippen molar-refractivity contribution in [2.45, 2.75) is 32.2 Å². The average molecular weight is 165 g/mol. The van der Waals surface area contributed by atoms with Crippen LogP contribution in [0.5, 0.6) is 0 Å². The number of rotatable bonds is 3. The van der Waals surface area contributed by atoms with E-state index in [4.69, 9.17) is 4.42 Å². The van der Waals surface area contributed by atoms with Crippen LogP contribution in [0.4, 0.5) is 0 Å². The fraction of sp³-hybridized carbons (Fsp3) is 0.600. The van der Waals surface area contributed by atoms with Crippen LogP contribution in [0, 0.1) is 0 Å². The first-order valence-corrected chi connectivity index (χ1v) is 4.72. The topological polar surface area (TPSA) is 25.2 Å². The summed E-state index contributed by atoms with van der Waals surface area (Å²) in [7, 11) is 0. The van der Waals surface area contributed by atoms with Crippen LogP contribution >= 0.6 is 0 Å². The average Bonchev–Trinajstić information content (AvgIpc) is 2.34. The van der Waals surface area contributed by atoms with Crippen molar-refractivity contribution < 1.29 is 4.42 Å². The minimum absolute atomic E-state index is 0.496. The van der Waals surface area contributed by atoms with Crippen LogP contribution in [-0.2, 0) is 6.42 Å².